The summed E-state index contributed by atoms with van der Waals surface area (Å²) in [5, 5.41) is 9.36. The van der Waals surface area contributed by atoms with Crippen LogP contribution in [0.25, 0.3) is 0 Å². The summed E-state index contributed by atoms with van der Waals surface area (Å²) >= 11 is 0. The van der Waals surface area contributed by atoms with E-state index in [0.717, 1.165) is 55.1 Å². The molecule has 0 spiro atoms. The Kier molecular flexibility index (Phi) is 8.42. The Labute approximate surface area is 201 Å². The minimum atomic E-state index is -1.16. The minimum Gasteiger partial charge on any atom is -0.354 e. The fourth-order valence-corrected chi connectivity index (χ4v) is 4.49. The lowest BCUT2D eigenvalue weighted by Gasteiger charge is -2.38. The van der Waals surface area contributed by atoms with Crippen LogP contribution in [0.2, 0.25) is 0 Å². The van der Waals surface area contributed by atoms with Crippen LogP contribution in [0.1, 0.15) is 50.7 Å². The maximum atomic E-state index is 15.0. The number of carbonyl (C=O) groups excluding carboxylic acids is 1. The number of amides is 1. The molecule has 7 heteroatoms. The van der Waals surface area contributed by atoms with Crippen molar-refractivity contribution in [3.63, 3.8) is 0 Å². The number of aryl methyl sites for hydroxylation is 1. The number of nitrogens with one attached hydrogen (secondary N) is 1. The molecular weight excluding hydrogens is 434 g/mol. The van der Waals surface area contributed by atoms with Crippen molar-refractivity contribution in [2.75, 3.05) is 32.2 Å². The van der Waals surface area contributed by atoms with Gasteiger partial charge in [0.1, 0.15) is 11.4 Å². The van der Waals surface area contributed by atoms with Crippen molar-refractivity contribution in [1.82, 2.24) is 10.2 Å². The number of anilines is 1. The largest absolute Gasteiger partial charge is 0.354 e. The second-order valence-corrected chi connectivity index (χ2v) is 9.51. The molecule has 0 aromatic heterocycles. The van der Waals surface area contributed by atoms with Crippen LogP contribution in [-0.4, -0.2) is 49.2 Å². The zero-order valence-corrected chi connectivity index (χ0v) is 20.9. The summed E-state index contributed by atoms with van der Waals surface area (Å²) in [6.45, 7) is 7.29. The molecule has 5 nitrogen and oxygen atoms in total. The first kappa shape index (κ1) is 25.8. The summed E-state index contributed by atoms with van der Waals surface area (Å²) in [6, 6.07) is 11.4. The number of nitrogens with zero attached hydrogens (tertiary/aromatic N) is 3. The van der Waals surface area contributed by atoms with Crippen molar-refractivity contribution >= 4 is 17.3 Å². The summed E-state index contributed by atoms with van der Waals surface area (Å²) in [6.07, 6.45) is 3.39. The van der Waals surface area contributed by atoms with Gasteiger partial charge in [0.25, 0.3) is 0 Å². The van der Waals surface area contributed by atoms with Crippen LogP contribution < -0.4 is 10.3 Å². The first-order valence-corrected chi connectivity index (χ1v) is 12.0. The topological polar surface area (TPSA) is 47.9 Å². The molecule has 1 aliphatic rings. The van der Waals surface area contributed by atoms with Crippen LogP contribution in [0.15, 0.2) is 47.6 Å². The minimum absolute atomic E-state index is 0.0935. The summed E-state index contributed by atoms with van der Waals surface area (Å²) in [7, 11) is 3.98. The van der Waals surface area contributed by atoms with E-state index >= 15 is 0 Å². The molecule has 0 radical (unpaired) electrons. The normalized spacial score (nSPS) is 20.1. The highest BCUT2D eigenvalue weighted by Crippen LogP contribution is 2.42. The highest BCUT2D eigenvalue weighted by molar-refractivity contribution is 6.10. The highest BCUT2D eigenvalue weighted by atomic mass is 19.1. The number of rotatable bonds is 10. The van der Waals surface area contributed by atoms with E-state index in [-0.39, 0.29) is 17.5 Å². The molecule has 0 saturated heterocycles. The van der Waals surface area contributed by atoms with E-state index in [2.05, 4.69) is 17.1 Å². The number of halogens is 2. The van der Waals surface area contributed by atoms with Gasteiger partial charge >= 0.3 is 0 Å². The van der Waals surface area contributed by atoms with E-state index in [1.54, 1.807) is 0 Å². The second-order valence-electron chi connectivity index (χ2n) is 9.51. The van der Waals surface area contributed by atoms with Gasteiger partial charge in [0.05, 0.1) is 11.4 Å². The molecule has 2 aromatic carbocycles. The Morgan fingerprint density at radius 2 is 1.85 bits per heavy atom. The fourth-order valence-electron chi connectivity index (χ4n) is 4.49. The molecule has 3 rings (SSSR count). The van der Waals surface area contributed by atoms with Crippen LogP contribution in [0.4, 0.5) is 14.5 Å². The maximum Gasteiger partial charge on any atom is 0.248 e. The molecule has 184 valence electrons. The van der Waals surface area contributed by atoms with Crippen molar-refractivity contribution < 1.29 is 13.6 Å². The molecule has 0 aliphatic carbocycles. The molecular formula is C27H36F2N4O. The Hall–Kier alpha value is -2.80. The van der Waals surface area contributed by atoms with Gasteiger partial charge in [0, 0.05) is 18.5 Å². The third kappa shape index (κ3) is 5.46. The zero-order chi connectivity index (χ0) is 24.9. The van der Waals surface area contributed by atoms with Gasteiger partial charge in [-0.2, -0.15) is 5.10 Å². The van der Waals surface area contributed by atoms with Gasteiger partial charge in [-0.25, -0.2) is 13.8 Å². The molecule has 0 fully saturated rings. The molecule has 34 heavy (non-hydrogen) atoms. The van der Waals surface area contributed by atoms with Crippen LogP contribution >= 0.6 is 0 Å². The molecule has 1 N–H and O–H groups in total. The van der Waals surface area contributed by atoms with E-state index in [4.69, 9.17) is 5.10 Å². The number of hydrogen-bond acceptors (Lipinski definition) is 4. The van der Waals surface area contributed by atoms with Gasteiger partial charge in [0.15, 0.2) is 5.82 Å². The van der Waals surface area contributed by atoms with Crippen molar-refractivity contribution in [2.24, 2.45) is 11.0 Å². The molecule has 2 aromatic rings. The van der Waals surface area contributed by atoms with Crippen molar-refractivity contribution in [3.8, 4) is 0 Å². The third-order valence-corrected chi connectivity index (χ3v) is 6.52. The van der Waals surface area contributed by atoms with Gasteiger partial charge in [-0.05, 0) is 65.0 Å². The molecule has 2 atom stereocenters. The van der Waals surface area contributed by atoms with Crippen molar-refractivity contribution in [1.29, 1.82) is 0 Å². The maximum absolute atomic E-state index is 15.0. The lowest BCUT2D eigenvalue weighted by molar-refractivity contribution is -0.126. The molecule has 2 unspecified atom stereocenters. The zero-order valence-electron chi connectivity index (χ0n) is 20.9. The van der Waals surface area contributed by atoms with E-state index < -0.39 is 17.2 Å². The second kappa shape index (κ2) is 11.1. The van der Waals surface area contributed by atoms with E-state index in [0.29, 0.717) is 6.54 Å². The standard InChI is InChI=1S/C27H36F2N4O/c1-6-7-9-22-25(20-12-10-19(2)11-13-20)31-33(24-15-14-21(28)18-23(24)29)27(22,3)26(34)30-16-8-17-32(4)5/h10-15,18,22H,6-9,16-17H2,1-5H3,(H,30,34). The predicted molar refractivity (Wildman–Crippen MR) is 134 cm³/mol. The van der Waals surface area contributed by atoms with Crippen molar-refractivity contribution in [2.45, 2.75) is 52.0 Å². The summed E-state index contributed by atoms with van der Waals surface area (Å²) < 4.78 is 28.7. The third-order valence-electron chi connectivity index (χ3n) is 6.52. The monoisotopic (exact) mass is 470 g/mol. The van der Waals surface area contributed by atoms with Crippen LogP contribution in [-0.2, 0) is 4.79 Å². The van der Waals surface area contributed by atoms with E-state index in [1.807, 2.05) is 52.2 Å². The Morgan fingerprint density at radius 3 is 2.47 bits per heavy atom. The number of unbranched alkanes of at least 4 members (excludes halogenated alkanes) is 1. The number of carbonyl (C=O) groups is 1. The van der Waals surface area contributed by atoms with Crippen LogP contribution in [0.3, 0.4) is 0 Å². The number of hydrazone groups is 1. The molecule has 1 heterocycles. The summed E-state index contributed by atoms with van der Waals surface area (Å²) in [5.41, 5.74) is 1.71. The Balaban J connectivity index is 2.06. The quantitative estimate of drug-likeness (QED) is 0.490. The average molecular weight is 471 g/mol. The summed E-state index contributed by atoms with van der Waals surface area (Å²) in [5.74, 6) is -1.87. The Bertz CT molecular complexity index is 1020. The molecule has 0 saturated carbocycles. The molecule has 0 bridgehead atoms. The molecule has 1 aliphatic heterocycles. The van der Waals surface area contributed by atoms with Gasteiger partial charge in [-0.3, -0.25) is 4.79 Å². The lowest BCUT2D eigenvalue weighted by Crippen LogP contribution is -2.58. The van der Waals surface area contributed by atoms with Gasteiger partial charge in [-0.15, -0.1) is 0 Å². The van der Waals surface area contributed by atoms with Crippen LogP contribution in [0, 0.1) is 24.5 Å². The predicted octanol–water partition coefficient (Wildman–Crippen LogP) is 5.13. The fraction of sp³-hybridized carbons (Fsp3) is 0.481. The summed E-state index contributed by atoms with van der Waals surface area (Å²) in [4.78, 5) is 15.8. The van der Waals surface area contributed by atoms with Crippen molar-refractivity contribution in [3.05, 3.63) is 65.2 Å². The van der Waals surface area contributed by atoms with Gasteiger partial charge in [0.2, 0.25) is 5.91 Å². The van der Waals surface area contributed by atoms with E-state index in [1.165, 1.54) is 17.1 Å². The van der Waals surface area contributed by atoms with Gasteiger partial charge < -0.3 is 10.2 Å². The van der Waals surface area contributed by atoms with Crippen LogP contribution in [0.5, 0.6) is 0 Å². The highest BCUT2D eigenvalue weighted by Gasteiger charge is 2.53. The Morgan fingerprint density at radius 1 is 1.15 bits per heavy atom. The smallest absolute Gasteiger partial charge is 0.248 e. The van der Waals surface area contributed by atoms with E-state index in [9.17, 15) is 13.6 Å². The average Bonchev–Trinajstić information content (AvgIpc) is 3.08. The lowest BCUT2D eigenvalue weighted by atomic mass is 9.76. The number of hydrogen-bond donors (Lipinski definition) is 1. The number of benzene rings is 2. The first-order chi connectivity index (χ1) is 16.2. The molecule has 1 amide bonds. The SMILES string of the molecule is CCCCC1C(c2ccc(C)cc2)=NN(c2ccc(F)cc2F)C1(C)C(=O)NCCCN(C)C. The van der Waals surface area contributed by atoms with Gasteiger partial charge in [-0.1, -0.05) is 49.6 Å². The first-order valence-electron chi connectivity index (χ1n) is 12.0.